The van der Waals surface area contributed by atoms with Crippen molar-refractivity contribution in [2.75, 3.05) is 33.2 Å². The van der Waals surface area contributed by atoms with Gasteiger partial charge in [-0.25, -0.2) is 4.79 Å². The number of hydrogen-bond acceptors (Lipinski definition) is 4. The van der Waals surface area contributed by atoms with E-state index in [1.807, 2.05) is 13.1 Å². The van der Waals surface area contributed by atoms with Gasteiger partial charge in [-0.3, -0.25) is 19.4 Å². The highest BCUT2D eigenvalue weighted by Crippen LogP contribution is 2.17. The van der Waals surface area contributed by atoms with Gasteiger partial charge in [-0.1, -0.05) is 30.3 Å². The predicted octanol–water partition coefficient (Wildman–Crippen LogP) is 1.44. The first-order chi connectivity index (χ1) is 13.0. The first-order valence-corrected chi connectivity index (χ1v) is 9.64. The Labute approximate surface area is 160 Å². The summed E-state index contributed by atoms with van der Waals surface area (Å²) in [6, 6.07) is 10.5. The molecule has 27 heavy (non-hydrogen) atoms. The van der Waals surface area contributed by atoms with Crippen molar-refractivity contribution in [1.82, 2.24) is 20.0 Å². The number of imide groups is 1. The Morgan fingerprint density at radius 2 is 1.74 bits per heavy atom. The van der Waals surface area contributed by atoms with Gasteiger partial charge in [-0.2, -0.15) is 0 Å². The van der Waals surface area contributed by atoms with Gasteiger partial charge in [0.05, 0.1) is 0 Å². The summed E-state index contributed by atoms with van der Waals surface area (Å²) in [5, 5.41) is 2.83. The van der Waals surface area contributed by atoms with Crippen LogP contribution in [0.2, 0.25) is 0 Å². The van der Waals surface area contributed by atoms with E-state index in [-0.39, 0.29) is 43.3 Å². The molecule has 0 bridgehead atoms. The van der Waals surface area contributed by atoms with Gasteiger partial charge in [0, 0.05) is 58.7 Å². The molecule has 0 spiro atoms. The van der Waals surface area contributed by atoms with Gasteiger partial charge in [0.15, 0.2) is 0 Å². The fourth-order valence-corrected chi connectivity index (χ4v) is 3.74. The highest BCUT2D eigenvalue weighted by molar-refractivity contribution is 6.01. The number of hydrogen-bond donors (Lipinski definition) is 1. The summed E-state index contributed by atoms with van der Waals surface area (Å²) in [7, 11) is 1.82. The van der Waals surface area contributed by atoms with Crippen LogP contribution in [0.1, 0.15) is 31.2 Å². The number of benzene rings is 1. The summed E-state index contributed by atoms with van der Waals surface area (Å²) < 4.78 is 0. The van der Waals surface area contributed by atoms with Crippen LogP contribution in [0.3, 0.4) is 0 Å². The van der Waals surface area contributed by atoms with Crippen molar-refractivity contribution in [3.63, 3.8) is 0 Å². The lowest BCUT2D eigenvalue weighted by molar-refractivity contribution is -0.138. The fraction of sp³-hybridized carbons (Fsp3) is 0.550. The topological polar surface area (TPSA) is 73.0 Å². The third kappa shape index (κ3) is 5.07. The maximum Gasteiger partial charge on any atom is 0.317 e. The zero-order valence-electron chi connectivity index (χ0n) is 15.9. The van der Waals surface area contributed by atoms with Crippen molar-refractivity contribution < 1.29 is 14.4 Å². The zero-order chi connectivity index (χ0) is 19.2. The van der Waals surface area contributed by atoms with Crippen molar-refractivity contribution in [3.05, 3.63) is 35.9 Å². The highest BCUT2D eigenvalue weighted by Gasteiger charge is 2.29. The monoisotopic (exact) mass is 372 g/mol. The molecule has 0 aromatic heterocycles. The molecule has 0 aliphatic carbocycles. The van der Waals surface area contributed by atoms with Crippen LogP contribution in [0, 0.1) is 0 Å². The molecule has 2 saturated heterocycles. The van der Waals surface area contributed by atoms with Gasteiger partial charge in [0.1, 0.15) is 0 Å². The van der Waals surface area contributed by atoms with Gasteiger partial charge in [0.25, 0.3) is 0 Å². The molecule has 146 valence electrons. The number of nitrogens with zero attached hydrogens (tertiary/aromatic N) is 3. The predicted molar refractivity (Wildman–Crippen MR) is 102 cm³/mol. The van der Waals surface area contributed by atoms with Crippen molar-refractivity contribution in [2.24, 2.45) is 0 Å². The lowest BCUT2D eigenvalue weighted by Crippen LogP contribution is -2.49. The first-order valence-electron chi connectivity index (χ1n) is 9.64. The van der Waals surface area contributed by atoms with Gasteiger partial charge in [0.2, 0.25) is 11.8 Å². The summed E-state index contributed by atoms with van der Waals surface area (Å²) >= 11 is 0. The lowest BCUT2D eigenvalue weighted by Gasteiger charge is -2.36. The summed E-state index contributed by atoms with van der Waals surface area (Å²) in [6.07, 6.45) is 2.46. The second-order valence-electron chi connectivity index (χ2n) is 7.27. The van der Waals surface area contributed by atoms with E-state index in [0.29, 0.717) is 6.54 Å². The van der Waals surface area contributed by atoms with E-state index < -0.39 is 0 Å². The molecule has 2 fully saturated rings. The molecule has 4 amide bonds. The number of rotatable bonds is 6. The van der Waals surface area contributed by atoms with E-state index in [4.69, 9.17) is 0 Å². The molecule has 0 unspecified atom stereocenters. The van der Waals surface area contributed by atoms with Crippen molar-refractivity contribution in [3.8, 4) is 0 Å². The number of likely N-dealkylation sites (tertiary alicyclic amines) is 2. The summed E-state index contributed by atoms with van der Waals surface area (Å²) in [5.41, 5.74) is 1.31. The maximum atomic E-state index is 12.4. The van der Waals surface area contributed by atoms with Gasteiger partial charge in [-0.15, -0.1) is 0 Å². The molecular formula is C20H28N4O3. The number of carbonyl (C=O) groups excluding carboxylic acids is 3. The molecule has 1 N–H and O–H groups in total. The molecule has 0 radical (unpaired) electrons. The van der Waals surface area contributed by atoms with Crippen LogP contribution in [0.25, 0.3) is 0 Å². The van der Waals surface area contributed by atoms with Crippen LogP contribution in [0.15, 0.2) is 30.3 Å². The SMILES string of the molecule is CN(C(=O)NCCN1C(=O)CCC1=O)C1CCN(Cc2ccccc2)CC1. The molecule has 0 atom stereocenters. The Kier molecular flexibility index (Phi) is 6.45. The average Bonchev–Trinajstić information content (AvgIpc) is 3.01. The Bertz CT molecular complexity index is 655. The molecule has 2 heterocycles. The Hall–Kier alpha value is -2.41. The highest BCUT2D eigenvalue weighted by atomic mass is 16.2. The number of piperidine rings is 1. The minimum absolute atomic E-state index is 0.143. The van der Waals surface area contributed by atoms with E-state index in [1.165, 1.54) is 10.5 Å². The third-order valence-electron chi connectivity index (χ3n) is 5.44. The number of urea groups is 1. The molecule has 2 aliphatic rings. The molecule has 1 aromatic rings. The zero-order valence-corrected chi connectivity index (χ0v) is 15.9. The maximum absolute atomic E-state index is 12.4. The summed E-state index contributed by atoms with van der Waals surface area (Å²) in [4.78, 5) is 40.9. The third-order valence-corrected chi connectivity index (χ3v) is 5.44. The van der Waals surface area contributed by atoms with E-state index >= 15 is 0 Å². The summed E-state index contributed by atoms with van der Waals surface area (Å²) in [6.45, 7) is 3.43. The van der Waals surface area contributed by atoms with E-state index in [9.17, 15) is 14.4 Å². The largest absolute Gasteiger partial charge is 0.336 e. The minimum atomic E-state index is -0.145. The molecule has 3 rings (SSSR count). The van der Waals surface area contributed by atoms with E-state index in [2.05, 4.69) is 34.5 Å². The minimum Gasteiger partial charge on any atom is -0.336 e. The first kappa shape index (κ1) is 19.4. The van der Waals surface area contributed by atoms with Crippen LogP contribution in [0.4, 0.5) is 4.79 Å². The molecule has 7 nitrogen and oxygen atoms in total. The van der Waals surface area contributed by atoms with E-state index in [0.717, 1.165) is 32.5 Å². The van der Waals surface area contributed by atoms with Crippen LogP contribution < -0.4 is 5.32 Å². The van der Waals surface area contributed by atoms with Gasteiger partial charge < -0.3 is 10.2 Å². The quantitative estimate of drug-likeness (QED) is 0.767. The van der Waals surface area contributed by atoms with Crippen LogP contribution in [0.5, 0.6) is 0 Å². The van der Waals surface area contributed by atoms with Crippen molar-refractivity contribution in [1.29, 1.82) is 0 Å². The standard InChI is InChI=1S/C20H28N4O3/c1-22(20(27)21-11-14-24-18(25)7-8-19(24)26)17-9-12-23(13-10-17)15-16-5-3-2-4-6-16/h2-6,17H,7-15H2,1H3,(H,21,27). The number of carbonyl (C=O) groups is 3. The molecular weight excluding hydrogens is 344 g/mol. The van der Waals surface area contributed by atoms with Crippen molar-refractivity contribution in [2.45, 2.75) is 38.3 Å². The molecule has 7 heteroatoms. The fourth-order valence-electron chi connectivity index (χ4n) is 3.74. The Morgan fingerprint density at radius 3 is 2.37 bits per heavy atom. The summed E-state index contributed by atoms with van der Waals surface area (Å²) in [5.74, 6) is -0.290. The van der Waals surface area contributed by atoms with Gasteiger partial charge >= 0.3 is 6.03 Å². The molecule has 1 aromatic carbocycles. The Balaban J connectivity index is 1.38. The second kappa shape index (κ2) is 8.99. The molecule has 2 aliphatic heterocycles. The molecule has 0 saturated carbocycles. The van der Waals surface area contributed by atoms with Gasteiger partial charge in [-0.05, 0) is 18.4 Å². The number of amides is 4. The number of nitrogens with one attached hydrogen (secondary N) is 1. The van der Waals surface area contributed by atoms with Crippen molar-refractivity contribution >= 4 is 17.8 Å². The smallest absolute Gasteiger partial charge is 0.317 e. The average molecular weight is 372 g/mol. The lowest BCUT2D eigenvalue weighted by atomic mass is 10.0. The van der Waals surface area contributed by atoms with Crippen LogP contribution in [-0.4, -0.2) is 71.8 Å². The van der Waals surface area contributed by atoms with E-state index in [1.54, 1.807) is 4.90 Å². The normalized spacial score (nSPS) is 18.8. The second-order valence-corrected chi connectivity index (χ2v) is 7.27. The Morgan fingerprint density at radius 1 is 1.11 bits per heavy atom. The van der Waals surface area contributed by atoms with Crippen LogP contribution in [-0.2, 0) is 16.1 Å². The van der Waals surface area contributed by atoms with Crippen LogP contribution >= 0.6 is 0 Å².